The Bertz CT molecular complexity index is 786. The maximum absolute atomic E-state index is 12.9. The number of hydrogen-bond donors (Lipinski definition) is 0. The molecule has 0 N–H and O–H groups in total. The highest BCUT2D eigenvalue weighted by atomic mass is 35.5. The first-order valence-corrected chi connectivity index (χ1v) is 10.2. The largest absolute Gasteiger partial charge is 0.479 e. The van der Waals surface area contributed by atoms with Gasteiger partial charge in [0.05, 0.1) is 5.02 Å². The number of nitrogens with zero attached hydrogens (tertiary/aromatic N) is 2. The highest BCUT2D eigenvalue weighted by Crippen LogP contribution is 2.25. The van der Waals surface area contributed by atoms with Crippen molar-refractivity contribution in [3.63, 3.8) is 0 Å². The van der Waals surface area contributed by atoms with Gasteiger partial charge in [-0.05, 0) is 24.1 Å². The van der Waals surface area contributed by atoms with Crippen molar-refractivity contribution >= 4 is 23.6 Å². The number of piperazine rings is 1. The molecule has 1 amide bonds. The van der Waals surface area contributed by atoms with Crippen LogP contribution in [0.25, 0.3) is 6.08 Å². The summed E-state index contributed by atoms with van der Waals surface area (Å²) < 4.78 is 5.90. The normalized spacial score (nSPS) is 16.3. The van der Waals surface area contributed by atoms with Gasteiger partial charge in [-0.1, -0.05) is 73.1 Å². The lowest BCUT2D eigenvalue weighted by molar-refractivity contribution is -0.140. The Morgan fingerprint density at radius 2 is 1.75 bits per heavy atom. The molecule has 2 aromatic rings. The van der Waals surface area contributed by atoms with Crippen molar-refractivity contribution in [3.05, 3.63) is 71.3 Å². The molecule has 0 radical (unpaired) electrons. The van der Waals surface area contributed by atoms with E-state index in [4.69, 9.17) is 16.3 Å². The van der Waals surface area contributed by atoms with Gasteiger partial charge in [-0.15, -0.1) is 0 Å². The second-order valence-electron chi connectivity index (χ2n) is 6.88. The molecule has 0 unspecified atom stereocenters. The van der Waals surface area contributed by atoms with E-state index in [1.165, 1.54) is 5.56 Å². The molecule has 5 heteroatoms. The highest BCUT2D eigenvalue weighted by Gasteiger charge is 2.27. The molecule has 148 valence electrons. The molecule has 4 nitrogen and oxygen atoms in total. The fourth-order valence-electron chi connectivity index (χ4n) is 3.26. The molecular formula is C23H27ClN2O2. The molecule has 1 heterocycles. The van der Waals surface area contributed by atoms with Gasteiger partial charge in [0.25, 0.3) is 5.91 Å². The molecule has 1 aliphatic rings. The Labute approximate surface area is 172 Å². The molecule has 1 aliphatic heterocycles. The number of hydrogen-bond acceptors (Lipinski definition) is 3. The van der Waals surface area contributed by atoms with E-state index in [0.717, 1.165) is 32.7 Å². The molecule has 1 saturated heterocycles. The fraction of sp³-hybridized carbons (Fsp3) is 0.348. The molecule has 28 heavy (non-hydrogen) atoms. The van der Waals surface area contributed by atoms with Crippen LogP contribution < -0.4 is 4.74 Å². The lowest BCUT2D eigenvalue weighted by atomic mass is 10.2. The van der Waals surface area contributed by atoms with Gasteiger partial charge in [0.1, 0.15) is 5.75 Å². The predicted octanol–water partition coefficient (Wildman–Crippen LogP) is 4.36. The summed E-state index contributed by atoms with van der Waals surface area (Å²) in [6.07, 6.45) is 4.44. The van der Waals surface area contributed by atoms with Crippen molar-refractivity contribution in [1.29, 1.82) is 0 Å². The summed E-state index contributed by atoms with van der Waals surface area (Å²) in [5, 5.41) is 0.531. The second kappa shape index (κ2) is 10.3. The Hall–Kier alpha value is -2.30. The minimum Gasteiger partial charge on any atom is -0.479 e. The summed E-state index contributed by atoms with van der Waals surface area (Å²) in [6, 6.07) is 17.6. The van der Waals surface area contributed by atoms with Crippen molar-refractivity contribution in [1.82, 2.24) is 9.80 Å². The van der Waals surface area contributed by atoms with Gasteiger partial charge in [-0.3, -0.25) is 9.69 Å². The molecule has 0 saturated carbocycles. The van der Waals surface area contributed by atoms with Gasteiger partial charge in [0.2, 0.25) is 0 Å². The third-order valence-electron chi connectivity index (χ3n) is 4.91. The maximum Gasteiger partial charge on any atom is 0.263 e. The molecule has 3 rings (SSSR count). The summed E-state index contributed by atoms with van der Waals surface area (Å²) in [7, 11) is 0. The van der Waals surface area contributed by atoms with Crippen molar-refractivity contribution in [2.45, 2.75) is 19.4 Å². The first-order chi connectivity index (χ1) is 13.7. The van der Waals surface area contributed by atoms with Crippen LogP contribution in [0, 0.1) is 0 Å². The van der Waals surface area contributed by atoms with Crippen LogP contribution in [-0.4, -0.2) is 54.5 Å². The highest BCUT2D eigenvalue weighted by molar-refractivity contribution is 6.32. The molecule has 1 atom stereocenters. The van der Waals surface area contributed by atoms with Gasteiger partial charge in [-0.25, -0.2) is 0 Å². The van der Waals surface area contributed by atoms with E-state index >= 15 is 0 Å². The number of amides is 1. The van der Waals surface area contributed by atoms with Gasteiger partial charge in [0.15, 0.2) is 6.10 Å². The summed E-state index contributed by atoms with van der Waals surface area (Å²) in [4.78, 5) is 17.1. The van der Waals surface area contributed by atoms with E-state index in [9.17, 15) is 4.79 Å². The Kier molecular flexibility index (Phi) is 7.52. The van der Waals surface area contributed by atoms with E-state index < -0.39 is 6.10 Å². The first-order valence-electron chi connectivity index (χ1n) is 9.81. The lowest BCUT2D eigenvalue weighted by Gasteiger charge is -2.35. The Morgan fingerprint density at radius 1 is 1.07 bits per heavy atom. The smallest absolute Gasteiger partial charge is 0.263 e. The molecular weight excluding hydrogens is 372 g/mol. The lowest BCUT2D eigenvalue weighted by Crippen LogP contribution is -2.52. The zero-order valence-corrected chi connectivity index (χ0v) is 17.0. The minimum atomic E-state index is -0.496. The summed E-state index contributed by atoms with van der Waals surface area (Å²) in [5.41, 5.74) is 1.21. The van der Waals surface area contributed by atoms with E-state index in [0.29, 0.717) is 17.2 Å². The zero-order chi connectivity index (χ0) is 19.8. The third kappa shape index (κ3) is 5.60. The Balaban J connectivity index is 1.48. The minimum absolute atomic E-state index is 0.0434. The topological polar surface area (TPSA) is 32.8 Å². The van der Waals surface area contributed by atoms with Gasteiger partial charge < -0.3 is 9.64 Å². The van der Waals surface area contributed by atoms with E-state index in [1.54, 1.807) is 12.1 Å². The average Bonchev–Trinajstić information content (AvgIpc) is 2.74. The molecule has 0 spiro atoms. The molecule has 1 fully saturated rings. The second-order valence-corrected chi connectivity index (χ2v) is 7.29. The number of carbonyl (C=O) groups excluding carboxylic acids is 1. The standard InChI is InChI=1S/C23H27ClN2O2/c1-2-21(28-22-13-7-6-12-20(22)24)23(27)26-17-15-25(16-18-26)14-8-11-19-9-4-3-5-10-19/h3-13,21H,2,14-18H2,1H3/b11-8+/t21-/m0/s1. The van der Waals surface area contributed by atoms with Crippen LogP contribution in [0.15, 0.2) is 60.7 Å². The predicted molar refractivity (Wildman–Crippen MR) is 115 cm³/mol. The SMILES string of the molecule is CC[C@H](Oc1ccccc1Cl)C(=O)N1CCN(C/C=C/c2ccccc2)CC1. The molecule has 0 aromatic heterocycles. The van der Waals surface area contributed by atoms with Crippen molar-refractivity contribution in [2.75, 3.05) is 32.7 Å². The average molecular weight is 399 g/mol. The number of benzene rings is 2. The molecule has 0 aliphatic carbocycles. The third-order valence-corrected chi connectivity index (χ3v) is 5.22. The number of halogens is 1. The monoisotopic (exact) mass is 398 g/mol. The van der Waals surface area contributed by atoms with Gasteiger partial charge >= 0.3 is 0 Å². The van der Waals surface area contributed by atoms with Crippen LogP contribution in [0.2, 0.25) is 5.02 Å². The molecule has 0 bridgehead atoms. The van der Waals surface area contributed by atoms with Gasteiger partial charge in [-0.2, -0.15) is 0 Å². The van der Waals surface area contributed by atoms with Crippen molar-refractivity contribution in [2.24, 2.45) is 0 Å². The maximum atomic E-state index is 12.9. The van der Waals surface area contributed by atoms with Crippen LogP contribution in [0.4, 0.5) is 0 Å². The zero-order valence-electron chi connectivity index (χ0n) is 16.3. The van der Waals surface area contributed by atoms with Crippen LogP contribution >= 0.6 is 11.6 Å². The number of carbonyl (C=O) groups is 1. The van der Waals surface area contributed by atoms with Crippen LogP contribution in [0.3, 0.4) is 0 Å². The van der Waals surface area contributed by atoms with E-state index in [-0.39, 0.29) is 5.91 Å². The number of rotatable bonds is 7. The summed E-state index contributed by atoms with van der Waals surface area (Å²) >= 11 is 6.16. The van der Waals surface area contributed by atoms with Crippen LogP contribution in [0.1, 0.15) is 18.9 Å². The number of para-hydroxylation sites is 1. The van der Waals surface area contributed by atoms with Crippen LogP contribution in [-0.2, 0) is 4.79 Å². The summed E-state index contributed by atoms with van der Waals surface area (Å²) in [5.74, 6) is 0.607. The van der Waals surface area contributed by atoms with Crippen molar-refractivity contribution < 1.29 is 9.53 Å². The summed E-state index contributed by atoms with van der Waals surface area (Å²) in [6.45, 7) is 6.04. The van der Waals surface area contributed by atoms with Crippen molar-refractivity contribution in [3.8, 4) is 5.75 Å². The first kappa shape index (κ1) is 20.4. The van der Waals surface area contributed by atoms with E-state index in [2.05, 4.69) is 29.2 Å². The quantitative estimate of drug-likeness (QED) is 0.694. The number of ether oxygens (including phenoxy) is 1. The fourth-order valence-corrected chi connectivity index (χ4v) is 3.44. The molecule has 2 aromatic carbocycles. The van der Waals surface area contributed by atoms with Crippen LogP contribution in [0.5, 0.6) is 5.75 Å². The van der Waals surface area contributed by atoms with E-state index in [1.807, 2.05) is 42.2 Å². The van der Waals surface area contributed by atoms with Gasteiger partial charge in [0, 0.05) is 32.7 Å². The Morgan fingerprint density at radius 3 is 2.43 bits per heavy atom.